The lowest BCUT2D eigenvalue weighted by Crippen LogP contribution is -2.33. The Hall–Kier alpha value is -0.910. The second kappa shape index (κ2) is 6.24. The van der Waals surface area contributed by atoms with Crippen molar-refractivity contribution in [3.8, 4) is 0 Å². The summed E-state index contributed by atoms with van der Waals surface area (Å²) in [5.74, 6) is 0.601. The third kappa shape index (κ3) is 3.40. The molecule has 0 aliphatic heterocycles. The van der Waals surface area contributed by atoms with Crippen molar-refractivity contribution in [2.45, 2.75) is 57.0 Å². The highest BCUT2D eigenvalue weighted by molar-refractivity contribution is 7.89. The normalized spacial score (nSPS) is 23.1. The molecule has 5 heteroatoms. The Morgan fingerprint density at radius 1 is 1.35 bits per heavy atom. The molecule has 0 spiro atoms. The van der Waals surface area contributed by atoms with Crippen LogP contribution in [0.4, 0.5) is 0 Å². The van der Waals surface area contributed by atoms with Crippen LogP contribution < -0.4 is 10.5 Å². The van der Waals surface area contributed by atoms with Crippen LogP contribution in [-0.4, -0.2) is 14.5 Å². The molecule has 1 fully saturated rings. The molecule has 0 saturated heterocycles. The van der Waals surface area contributed by atoms with Crippen LogP contribution >= 0.6 is 0 Å². The van der Waals surface area contributed by atoms with Gasteiger partial charge in [-0.15, -0.1) is 0 Å². The molecule has 2 atom stereocenters. The minimum Gasteiger partial charge on any atom is -0.326 e. The smallest absolute Gasteiger partial charge is 0.241 e. The van der Waals surface area contributed by atoms with Crippen molar-refractivity contribution in [2.24, 2.45) is 11.7 Å². The quantitative estimate of drug-likeness (QED) is 0.874. The monoisotopic (exact) mass is 296 g/mol. The summed E-state index contributed by atoms with van der Waals surface area (Å²) >= 11 is 0. The fourth-order valence-electron chi connectivity index (χ4n) is 2.87. The Morgan fingerprint density at radius 3 is 2.65 bits per heavy atom. The van der Waals surface area contributed by atoms with Gasteiger partial charge in [0, 0.05) is 12.6 Å². The average molecular weight is 296 g/mol. The van der Waals surface area contributed by atoms with E-state index in [-0.39, 0.29) is 6.04 Å². The highest BCUT2D eigenvalue weighted by atomic mass is 32.2. The van der Waals surface area contributed by atoms with E-state index >= 15 is 0 Å². The number of rotatable bonds is 5. The molecular weight excluding hydrogens is 272 g/mol. The standard InChI is InChI=1S/C15H24N2O2S/c1-3-13-6-5-12(10-16)9-15(13)20(18,19)17-14-7-4-11(2)8-14/h5-6,9,11,14,17H,3-4,7-8,10,16H2,1-2H3. The van der Waals surface area contributed by atoms with Gasteiger partial charge in [0.05, 0.1) is 4.90 Å². The highest BCUT2D eigenvalue weighted by Gasteiger charge is 2.27. The number of aryl methyl sites for hydroxylation is 1. The van der Waals surface area contributed by atoms with Crippen LogP contribution in [0.15, 0.2) is 23.1 Å². The number of hydrogen-bond acceptors (Lipinski definition) is 3. The Labute approximate surface area is 121 Å². The van der Waals surface area contributed by atoms with Crippen molar-refractivity contribution in [3.05, 3.63) is 29.3 Å². The van der Waals surface area contributed by atoms with E-state index in [4.69, 9.17) is 5.73 Å². The summed E-state index contributed by atoms with van der Waals surface area (Å²) in [5, 5.41) is 0. The van der Waals surface area contributed by atoms with E-state index in [0.717, 1.165) is 30.4 Å². The zero-order chi connectivity index (χ0) is 14.8. The molecule has 0 heterocycles. The lowest BCUT2D eigenvalue weighted by molar-refractivity contribution is 0.537. The van der Waals surface area contributed by atoms with Gasteiger partial charge in [0.2, 0.25) is 10.0 Å². The molecule has 3 N–H and O–H groups in total. The Bertz CT molecular complexity index is 569. The van der Waals surface area contributed by atoms with Crippen LogP contribution in [0.1, 0.15) is 44.2 Å². The fourth-order valence-corrected chi connectivity index (χ4v) is 4.51. The SMILES string of the molecule is CCc1ccc(CN)cc1S(=O)(=O)NC1CCC(C)C1. The first-order chi connectivity index (χ1) is 9.46. The third-order valence-electron chi connectivity index (χ3n) is 4.05. The molecule has 0 aromatic heterocycles. The second-order valence-corrected chi connectivity index (χ2v) is 7.42. The van der Waals surface area contributed by atoms with Gasteiger partial charge in [0.1, 0.15) is 0 Å². The highest BCUT2D eigenvalue weighted by Crippen LogP contribution is 2.27. The molecular formula is C15H24N2O2S. The van der Waals surface area contributed by atoms with E-state index in [9.17, 15) is 8.42 Å². The van der Waals surface area contributed by atoms with Gasteiger partial charge >= 0.3 is 0 Å². The van der Waals surface area contributed by atoms with E-state index in [1.165, 1.54) is 0 Å². The van der Waals surface area contributed by atoms with Crippen molar-refractivity contribution in [1.82, 2.24) is 4.72 Å². The fraction of sp³-hybridized carbons (Fsp3) is 0.600. The van der Waals surface area contributed by atoms with E-state index in [2.05, 4.69) is 11.6 Å². The van der Waals surface area contributed by atoms with Crippen LogP contribution in [0, 0.1) is 5.92 Å². The van der Waals surface area contributed by atoms with Crippen LogP contribution in [0.3, 0.4) is 0 Å². The minimum absolute atomic E-state index is 0.0706. The van der Waals surface area contributed by atoms with Gasteiger partial charge in [-0.1, -0.05) is 26.0 Å². The Balaban J connectivity index is 2.28. The second-order valence-electron chi connectivity index (χ2n) is 5.74. The molecule has 20 heavy (non-hydrogen) atoms. The summed E-state index contributed by atoms with van der Waals surface area (Å²) in [7, 11) is -3.45. The van der Waals surface area contributed by atoms with E-state index in [0.29, 0.717) is 23.8 Å². The molecule has 4 nitrogen and oxygen atoms in total. The minimum atomic E-state index is -3.45. The van der Waals surface area contributed by atoms with Gasteiger partial charge < -0.3 is 5.73 Å². The predicted octanol–water partition coefficient (Wildman–Crippen LogP) is 2.17. The maximum atomic E-state index is 12.6. The zero-order valence-corrected chi connectivity index (χ0v) is 13.0. The zero-order valence-electron chi connectivity index (χ0n) is 12.2. The summed E-state index contributed by atoms with van der Waals surface area (Å²) in [6, 6.07) is 5.55. The van der Waals surface area contributed by atoms with E-state index in [1.807, 2.05) is 19.1 Å². The molecule has 1 saturated carbocycles. The van der Waals surface area contributed by atoms with Gasteiger partial charge in [-0.05, 0) is 48.8 Å². The van der Waals surface area contributed by atoms with Crippen LogP contribution in [0.25, 0.3) is 0 Å². The third-order valence-corrected chi connectivity index (χ3v) is 5.66. The van der Waals surface area contributed by atoms with Crippen molar-refractivity contribution in [2.75, 3.05) is 0 Å². The van der Waals surface area contributed by atoms with Crippen molar-refractivity contribution in [1.29, 1.82) is 0 Å². The lowest BCUT2D eigenvalue weighted by atomic mass is 10.1. The number of nitrogens with two attached hydrogens (primary N) is 1. The van der Waals surface area contributed by atoms with Crippen LogP contribution in [0.2, 0.25) is 0 Å². The first kappa shape index (κ1) is 15.5. The van der Waals surface area contributed by atoms with Gasteiger partial charge in [-0.3, -0.25) is 0 Å². The summed E-state index contributed by atoms with van der Waals surface area (Å²) < 4.78 is 28.0. The molecule has 0 amide bonds. The van der Waals surface area contributed by atoms with Crippen molar-refractivity contribution in [3.63, 3.8) is 0 Å². The Morgan fingerprint density at radius 2 is 2.10 bits per heavy atom. The van der Waals surface area contributed by atoms with Gasteiger partial charge in [-0.2, -0.15) is 0 Å². The van der Waals surface area contributed by atoms with Gasteiger partial charge in [-0.25, -0.2) is 13.1 Å². The Kier molecular flexibility index (Phi) is 4.83. The summed E-state index contributed by atoms with van der Waals surface area (Å²) in [4.78, 5) is 0.391. The van der Waals surface area contributed by atoms with Crippen molar-refractivity contribution >= 4 is 10.0 Å². The molecule has 1 aromatic carbocycles. The first-order valence-corrected chi connectivity index (χ1v) is 8.78. The maximum absolute atomic E-state index is 12.6. The molecule has 0 bridgehead atoms. The summed E-state index contributed by atoms with van der Waals surface area (Å²) in [6.45, 7) is 4.49. The summed E-state index contributed by atoms with van der Waals surface area (Å²) in [6.07, 6.45) is 3.65. The van der Waals surface area contributed by atoms with Gasteiger partial charge in [0.25, 0.3) is 0 Å². The molecule has 1 aliphatic carbocycles. The molecule has 1 aromatic rings. The molecule has 2 unspecified atom stereocenters. The molecule has 112 valence electrons. The molecule has 2 rings (SSSR count). The van der Waals surface area contributed by atoms with Crippen LogP contribution in [-0.2, 0) is 23.0 Å². The van der Waals surface area contributed by atoms with E-state index in [1.54, 1.807) is 6.07 Å². The first-order valence-electron chi connectivity index (χ1n) is 7.30. The average Bonchev–Trinajstić information content (AvgIpc) is 2.82. The largest absolute Gasteiger partial charge is 0.326 e. The molecule has 0 radical (unpaired) electrons. The van der Waals surface area contributed by atoms with Crippen LogP contribution in [0.5, 0.6) is 0 Å². The number of sulfonamides is 1. The molecule has 1 aliphatic rings. The van der Waals surface area contributed by atoms with Crippen molar-refractivity contribution < 1.29 is 8.42 Å². The topological polar surface area (TPSA) is 72.2 Å². The van der Waals surface area contributed by atoms with E-state index < -0.39 is 10.0 Å². The number of hydrogen-bond donors (Lipinski definition) is 2. The van der Waals surface area contributed by atoms with Gasteiger partial charge in [0.15, 0.2) is 0 Å². The predicted molar refractivity (Wildman–Crippen MR) is 80.8 cm³/mol. The lowest BCUT2D eigenvalue weighted by Gasteiger charge is -2.16. The number of nitrogens with one attached hydrogen (secondary N) is 1. The summed E-state index contributed by atoms with van der Waals surface area (Å²) in [5.41, 5.74) is 7.32. The maximum Gasteiger partial charge on any atom is 0.241 e. The number of benzene rings is 1.